The first-order valence-electron chi connectivity index (χ1n) is 9.47. The summed E-state index contributed by atoms with van der Waals surface area (Å²) in [5, 5.41) is 17.9. The van der Waals surface area contributed by atoms with Gasteiger partial charge in [-0.2, -0.15) is 5.26 Å². The van der Waals surface area contributed by atoms with Crippen LogP contribution in [-0.4, -0.2) is 36.3 Å². The van der Waals surface area contributed by atoms with Gasteiger partial charge in [0.15, 0.2) is 5.82 Å². The zero-order valence-electron chi connectivity index (χ0n) is 16.4. The fraction of sp³-hybridized carbons (Fsp3) is 0.143. The van der Waals surface area contributed by atoms with E-state index >= 15 is 0 Å². The fourth-order valence-corrected chi connectivity index (χ4v) is 4.41. The van der Waals surface area contributed by atoms with E-state index in [9.17, 15) is 5.26 Å². The van der Waals surface area contributed by atoms with Crippen LogP contribution >= 0.6 is 22.6 Å². The molecule has 4 aromatic rings. The number of hydrogen-bond acceptors (Lipinski definition) is 8. The second-order valence-electron chi connectivity index (χ2n) is 7.06. The lowest BCUT2D eigenvalue weighted by Crippen LogP contribution is -2.21. The quantitative estimate of drug-likeness (QED) is 0.314. The van der Waals surface area contributed by atoms with Crippen LogP contribution in [0.1, 0.15) is 21.1 Å². The molecule has 1 aromatic carbocycles. The zero-order chi connectivity index (χ0) is 21.5. The van der Waals surface area contributed by atoms with Gasteiger partial charge in [-0.1, -0.05) is 22.6 Å². The molecule has 1 aliphatic heterocycles. The van der Waals surface area contributed by atoms with E-state index in [4.69, 9.17) is 5.73 Å². The molecule has 0 radical (unpaired) electrons. The number of aryl methyl sites for hydroxylation is 1. The maximum absolute atomic E-state index is 9.17. The molecule has 31 heavy (non-hydrogen) atoms. The summed E-state index contributed by atoms with van der Waals surface area (Å²) in [5.41, 5.74) is 10.4. The van der Waals surface area contributed by atoms with Gasteiger partial charge in [0.25, 0.3) is 0 Å². The summed E-state index contributed by atoms with van der Waals surface area (Å²) in [6.45, 7) is 2.61. The van der Waals surface area contributed by atoms with E-state index in [1.165, 1.54) is 6.20 Å². The van der Waals surface area contributed by atoms with Gasteiger partial charge in [-0.05, 0) is 37.3 Å². The predicted molar refractivity (Wildman–Crippen MR) is 124 cm³/mol. The molecular formula is C21H16IN9. The van der Waals surface area contributed by atoms with E-state index in [2.05, 4.69) is 58.7 Å². The number of nitrogens with two attached hydrogens (primary N) is 1. The van der Waals surface area contributed by atoms with Gasteiger partial charge in [0.1, 0.15) is 17.3 Å². The summed E-state index contributed by atoms with van der Waals surface area (Å²) < 4.78 is 2.13. The predicted octanol–water partition coefficient (Wildman–Crippen LogP) is 3.51. The molecule has 0 fully saturated rings. The highest BCUT2D eigenvalue weighted by molar-refractivity contribution is 14.1. The number of pyridine rings is 1. The standard InChI is InChI=1S/C21H16IN9/c1-12-28-29-21-15(22)11-30(14-4-2-13(7-23)3-5-14)18-6-16(25-9-19(18)31(12)21)17-8-27-20(24)10-26-17/h2-6,8-10,15H,11H2,1H3,(H2,24,27)/t15-/m1/s1. The maximum atomic E-state index is 9.17. The third-order valence-electron chi connectivity index (χ3n) is 5.11. The number of benzene rings is 1. The molecule has 0 aliphatic carbocycles. The van der Waals surface area contributed by atoms with E-state index < -0.39 is 0 Å². The molecule has 0 amide bonds. The van der Waals surface area contributed by atoms with Crippen LogP contribution in [0, 0.1) is 18.3 Å². The first-order chi connectivity index (χ1) is 15.0. The van der Waals surface area contributed by atoms with Crippen LogP contribution in [0.3, 0.4) is 0 Å². The molecule has 4 heterocycles. The van der Waals surface area contributed by atoms with Gasteiger partial charge in [-0.3, -0.25) is 9.55 Å². The lowest BCUT2D eigenvalue weighted by Gasteiger charge is -2.26. The second kappa shape index (κ2) is 7.59. The Morgan fingerprint density at radius 2 is 1.81 bits per heavy atom. The average Bonchev–Trinajstić information content (AvgIpc) is 3.13. The van der Waals surface area contributed by atoms with Crippen molar-refractivity contribution in [3.63, 3.8) is 0 Å². The van der Waals surface area contributed by atoms with Crippen molar-refractivity contribution in [1.29, 1.82) is 5.26 Å². The minimum Gasteiger partial charge on any atom is -0.382 e. The van der Waals surface area contributed by atoms with E-state index in [0.717, 1.165) is 28.7 Å². The smallest absolute Gasteiger partial charge is 0.152 e. The second-order valence-corrected chi connectivity index (χ2v) is 8.57. The normalized spacial score (nSPS) is 15.0. The maximum Gasteiger partial charge on any atom is 0.152 e. The lowest BCUT2D eigenvalue weighted by molar-refractivity contribution is 0.841. The monoisotopic (exact) mass is 521 g/mol. The Kier molecular flexibility index (Phi) is 4.74. The number of nitrogens with zero attached hydrogens (tertiary/aromatic N) is 8. The SMILES string of the molecule is Cc1nnc2n1-c1cnc(-c3cnc(N)cn3)cc1N(c1ccc(C#N)cc1)C[C@H]2I. The summed E-state index contributed by atoms with van der Waals surface area (Å²) in [4.78, 5) is 15.4. The zero-order valence-corrected chi connectivity index (χ0v) is 18.6. The number of alkyl halides is 1. The molecule has 0 bridgehead atoms. The van der Waals surface area contributed by atoms with Gasteiger partial charge in [-0.15, -0.1) is 10.2 Å². The minimum absolute atomic E-state index is 0.0848. The molecule has 0 unspecified atom stereocenters. The summed E-state index contributed by atoms with van der Waals surface area (Å²) in [5.74, 6) is 2.02. The van der Waals surface area contributed by atoms with Gasteiger partial charge in [-0.25, -0.2) is 9.97 Å². The van der Waals surface area contributed by atoms with Gasteiger partial charge in [0.05, 0.1) is 51.2 Å². The Hall–Kier alpha value is -3.59. The number of halogens is 1. The lowest BCUT2D eigenvalue weighted by atomic mass is 10.1. The first-order valence-corrected chi connectivity index (χ1v) is 10.7. The van der Waals surface area contributed by atoms with Gasteiger partial charge in [0, 0.05) is 12.2 Å². The summed E-state index contributed by atoms with van der Waals surface area (Å²) in [6.07, 6.45) is 4.95. The Morgan fingerprint density at radius 3 is 2.52 bits per heavy atom. The van der Waals surface area contributed by atoms with Crippen molar-refractivity contribution in [2.75, 3.05) is 17.2 Å². The highest BCUT2D eigenvalue weighted by atomic mass is 127. The molecule has 1 aliphatic rings. The average molecular weight is 521 g/mol. The van der Waals surface area contributed by atoms with Crippen molar-refractivity contribution < 1.29 is 0 Å². The molecule has 0 spiro atoms. The van der Waals surface area contributed by atoms with Crippen LogP contribution in [0.4, 0.5) is 17.2 Å². The van der Waals surface area contributed by atoms with E-state index in [1.807, 2.05) is 48.0 Å². The number of rotatable bonds is 2. The van der Waals surface area contributed by atoms with E-state index in [0.29, 0.717) is 29.3 Å². The van der Waals surface area contributed by atoms with Crippen molar-refractivity contribution in [1.82, 2.24) is 29.7 Å². The van der Waals surface area contributed by atoms with Gasteiger partial charge < -0.3 is 10.6 Å². The van der Waals surface area contributed by atoms with Crippen molar-refractivity contribution in [3.05, 3.63) is 66.1 Å². The molecule has 1 atom stereocenters. The fourth-order valence-electron chi connectivity index (χ4n) is 3.62. The number of nitriles is 1. The molecule has 5 rings (SSSR count). The van der Waals surface area contributed by atoms with Crippen molar-refractivity contribution in [2.45, 2.75) is 10.8 Å². The van der Waals surface area contributed by atoms with E-state index in [1.54, 1.807) is 6.20 Å². The third kappa shape index (κ3) is 3.36. The van der Waals surface area contributed by atoms with Gasteiger partial charge in [0.2, 0.25) is 0 Å². The summed E-state index contributed by atoms with van der Waals surface area (Å²) >= 11 is 2.39. The highest BCUT2D eigenvalue weighted by Crippen LogP contribution is 2.41. The number of anilines is 3. The van der Waals surface area contributed by atoms with Crippen molar-refractivity contribution in [3.8, 4) is 23.1 Å². The molecule has 2 N–H and O–H groups in total. The van der Waals surface area contributed by atoms with Crippen LogP contribution in [0.5, 0.6) is 0 Å². The largest absolute Gasteiger partial charge is 0.382 e. The minimum atomic E-state index is 0.0848. The van der Waals surface area contributed by atoms with Crippen molar-refractivity contribution in [2.24, 2.45) is 0 Å². The van der Waals surface area contributed by atoms with Crippen LogP contribution in [-0.2, 0) is 0 Å². The van der Waals surface area contributed by atoms with Crippen LogP contribution in [0.2, 0.25) is 0 Å². The Morgan fingerprint density at radius 1 is 1.03 bits per heavy atom. The van der Waals surface area contributed by atoms with Crippen LogP contribution in [0.25, 0.3) is 17.1 Å². The molecule has 0 saturated heterocycles. The molecule has 3 aromatic heterocycles. The number of hydrogen-bond donors (Lipinski definition) is 1. The molecular weight excluding hydrogens is 505 g/mol. The number of aromatic nitrogens is 6. The van der Waals surface area contributed by atoms with Gasteiger partial charge >= 0.3 is 0 Å². The third-order valence-corrected chi connectivity index (χ3v) is 6.06. The molecule has 152 valence electrons. The molecule has 0 saturated carbocycles. The number of nitrogen functional groups attached to an aromatic ring is 1. The van der Waals surface area contributed by atoms with Crippen LogP contribution < -0.4 is 10.6 Å². The summed E-state index contributed by atoms with van der Waals surface area (Å²) in [6, 6.07) is 11.7. The topological polar surface area (TPSA) is 122 Å². The Labute approximate surface area is 191 Å². The van der Waals surface area contributed by atoms with E-state index in [-0.39, 0.29) is 3.92 Å². The Bertz CT molecular complexity index is 1310. The summed E-state index contributed by atoms with van der Waals surface area (Å²) in [7, 11) is 0. The number of fused-ring (bicyclic) bond motifs is 3. The van der Waals surface area contributed by atoms with Crippen LogP contribution in [0.15, 0.2) is 48.9 Å². The van der Waals surface area contributed by atoms with Crippen molar-refractivity contribution >= 4 is 39.8 Å². The molecule has 9 nitrogen and oxygen atoms in total. The Balaban J connectivity index is 1.72. The first kappa shape index (κ1) is 19.4. The highest BCUT2D eigenvalue weighted by Gasteiger charge is 2.30. The molecule has 10 heteroatoms.